The number of nitrogens with zero attached hydrogens (tertiary/aromatic N) is 3. The van der Waals surface area contributed by atoms with Crippen molar-refractivity contribution in [3.05, 3.63) is 5.69 Å². The minimum Gasteiger partial charge on any atom is -0.458 e. The zero-order valence-electron chi connectivity index (χ0n) is 12.9. The lowest BCUT2D eigenvalue weighted by Crippen LogP contribution is -2.29. The Morgan fingerprint density at radius 3 is 2.77 bits per heavy atom. The van der Waals surface area contributed by atoms with Gasteiger partial charge >= 0.3 is 5.97 Å². The lowest BCUT2D eigenvalue weighted by Gasteiger charge is -2.21. The van der Waals surface area contributed by atoms with Gasteiger partial charge < -0.3 is 15.8 Å². The minimum atomic E-state index is -0.565. The molecule has 0 bridgehead atoms. The summed E-state index contributed by atoms with van der Waals surface area (Å²) in [5, 5.41) is 10.2. The molecule has 0 radical (unpaired) electrons. The molecule has 1 aliphatic carbocycles. The average Bonchev–Trinajstić information content (AvgIpc) is 2.87. The van der Waals surface area contributed by atoms with Crippen LogP contribution in [0.5, 0.6) is 0 Å². The fourth-order valence-corrected chi connectivity index (χ4v) is 2.43. The first-order valence-electron chi connectivity index (χ1n) is 7.78. The molecule has 0 atom stereocenters. The number of nitrogens with two attached hydrogens (primary N) is 1. The van der Waals surface area contributed by atoms with Gasteiger partial charge in [-0.1, -0.05) is 18.6 Å². The third-order valence-corrected chi connectivity index (χ3v) is 3.66. The summed E-state index contributed by atoms with van der Waals surface area (Å²) >= 11 is 0. The number of anilines is 1. The van der Waals surface area contributed by atoms with Crippen molar-refractivity contribution in [2.24, 2.45) is 0 Å². The van der Waals surface area contributed by atoms with Gasteiger partial charge in [0.2, 0.25) is 11.6 Å². The molecule has 0 spiro atoms. The van der Waals surface area contributed by atoms with Crippen molar-refractivity contribution in [3.63, 3.8) is 0 Å². The van der Waals surface area contributed by atoms with Crippen LogP contribution >= 0.6 is 0 Å². The second-order valence-electron chi connectivity index (χ2n) is 5.50. The quantitative estimate of drug-likeness (QED) is 0.754. The molecule has 2 rings (SSSR count). The van der Waals surface area contributed by atoms with Crippen LogP contribution in [0.1, 0.15) is 55.9 Å². The molecule has 8 nitrogen and oxygen atoms in total. The third kappa shape index (κ3) is 4.19. The Kier molecular flexibility index (Phi) is 5.74. The summed E-state index contributed by atoms with van der Waals surface area (Å²) in [6.45, 7) is 2.49. The molecule has 3 N–H and O–H groups in total. The van der Waals surface area contributed by atoms with Crippen LogP contribution in [0, 0.1) is 0 Å². The number of aromatic nitrogens is 3. The van der Waals surface area contributed by atoms with Gasteiger partial charge in [0, 0.05) is 6.54 Å². The molecule has 1 aliphatic rings. The van der Waals surface area contributed by atoms with Gasteiger partial charge in [0.25, 0.3) is 0 Å². The first-order valence-corrected chi connectivity index (χ1v) is 7.78. The van der Waals surface area contributed by atoms with E-state index < -0.39 is 5.97 Å². The maximum absolute atomic E-state index is 12.1. The zero-order valence-corrected chi connectivity index (χ0v) is 12.9. The van der Waals surface area contributed by atoms with Crippen molar-refractivity contribution in [1.29, 1.82) is 0 Å². The van der Waals surface area contributed by atoms with Crippen molar-refractivity contribution in [3.8, 4) is 0 Å². The number of carbonyl (C=O) groups excluding carboxylic acids is 2. The van der Waals surface area contributed by atoms with Crippen LogP contribution in [0.2, 0.25) is 0 Å². The predicted molar refractivity (Wildman–Crippen MR) is 80.0 cm³/mol. The molecule has 1 amide bonds. The van der Waals surface area contributed by atoms with E-state index in [4.69, 9.17) is 10.5 Å². The molecule has 0 aromatic carbocycles. The molecule has 1 heterocycles. The molecule has 1 aromatic heterocycles. The van der Waals surface area contributed by atoms with Gasteiger partial charge in [-0.25, -0.2) is 9.48 Å². The van der Waals surface area contributed by atoms with Crippen LogP contribution in [-0.2, 0) is 16.1 Å². The van der Waals surface area contributed by atoms with Crippen molar-refractivity contribution in [2.75, 3.05) is 12.3 Å². The summed E-state index contributed by atoms with van der Waals surface area (Å²) in [4.78, 5) is 23.7. The second kappa shape index (κ2) is 7.77. The van der Waals surface area contributed by atoms with E-state index in [9.17, 15) is 9.59 Å². The molecule has 0 aliphatic heterocycles. The van der Waals surface area contributed by atoms with Crippen LogP contribution in [0.4, 0.5) is 5.82 Å². The summed E-state index contributed by atoms with van der Waals surface area (Å²) in [5.74, 6) is -0.720. The number of hydrogen-bond acceptors (Lipinski definition) is 6. The molecule has 1 aromatic rings. The summed E-state index contributed by atoms with van der Waals surface area (Å²) < 4.78 is 6.62. The largest absolute Gasteiger partial charge is 0.458 e. The monoisotopic (exact) mass is 309 g/mol. The Balaban J connectivity index is 1.94. The van der Waals surface area contributed by atoms with Gasteiger partial charge in [-0.3, -0.25) is 4.79 Å². The van der Waals surface area contributed by atoms with Gasteiger partial charge in [0.15, 0.2) is 5.82 Å². The Bertz CT molecular complexity index is 523. The Hall–Kier alpha value is -2.12. The molecular weight excluding hydrogens is 286 g/mol. The maximum Gasteiger partial charge on any atom is 0.363 e. The van der Waals surface area contributed by atoms with Crippen LogP contribution in [0.3, 0.4) is 0 Å². The van der Waals surface area contributed by atoms with E-state index in [1.807, 2.05) is 6.92 Å². The van der Waals surface area contributed by atoms with Gasteiger partial charge in [-0.05, 0) is 32.1 Å². The number of ether oxygens (including phenoxy) is 1. The molecule has 22 heavy (non-hydrogen) atoms. The first kappa shape index (κ1) is 16.3. The van der Waals surface area contributed by atoms with Crippen LogP contribution < -0.4 is 11.1 Å². The molecule has 0 saturated heterocycles. The maximum atomic E-state index is 12.1. The van der Waals surface area contributed by atoms with Crippen molar-refractivity contribution < 1.29 is 14.3 Å². The number of carbonyl (C=O) groups is 2. The molecule has 1 saturated carbocycles. The summed E-state index contributed by atoms with van der Waals surface area (Å²) in [7, 11) is 0. The number of rotatable bonds is 6. The minimum absolute atomic E-state index is 0.0196. The third-order valence-electron chi connectivity index (χ3n) is 3.66. The van der Waals surface area contributed by atoms with E-state index in [0.29, 0.717) is 6.54 Å². The molecule has 122 valence electrons. The van der Waals surface area contributed by atoms with Gasteiger partial charge in [0.1, 0.15) is 12.6 Å². The van der Waals surface area contributed by atoms with Crippen molar-refractivity contribution in [2.45, 2.75) is 58.1 Å². The normalized spacial score (nSPS) is 15.5. The topological polar surface area (TPSA) is 112 Å². The molecule has 8 heteroatoms. The molecule has 0 unspecified atom stereocenters. The van der Waals surface area contributed by atoms with Gasteiger partial charge in [-0.15, -0.1) is 5.10 Å². The van der Waals surface area contributed by atoms with Crippen molar-refractivity contribution in [1.82, 2.24) is 20.3 Å². The lowest BCUT2D eigenvalue weighted by molar-refractivity contribution is -0.121. The number of hydrogen-bond donors (Lipinski definition) is 2. The van der Waals surface area contributed by atoms with E-state index in [1.165, 1.54) is 11.1 Å². The van der Waals surface area contributed by atoms with E-state index in [2.05, 4.69) is 15.6 Å². The average molecular weight is 309 g/mol. The Morgan fingerprint density at radius 1 is 1.36 bits per heavy atom. The van der Waals surface area contributed by atoms with Crippen LogP contribution in [-0.4, -0.2) is 39.5 Å². The first-order chi connectivity index (χ1) is 10.6. The molecule has 1 fully saturated rings. The van der Waals surface area contributed by atoms with Crippen LogP contribution in [0.15, 0.2) is 0 Å². The smallest absolute Gasteiger partial charge is 0.363 e. The second-order valence-corrected chi connectivity index (χ2v) is 5.50. The Labute approximate surface area is 129 Å². The summed E-state index contributed by atoms with van der Waals surface area (Å²) in [6.07, 6.45) is 5.84. The van der Waals surface area contributed by atoms with Crippen LogP contribution in [0.25, 0.3) is 0 Å². The standard InChI is InChI=1S/C14H23N5O3/c1-2-8-16-11(20)9-19-13(15)12(17-18-19)14(21)22-10-6-4-3-5-7-10/h10H,2-9,15H2,1H3,(H,16,20). The highest BCUT2D eigenvalue weighted by molar-refractivity contribution is 5.92. The Morgan fingerprint density at radius 2 is 2.09 bits per heavy atom. The highest BCUT2D eigenvalue weighted by Crippen LogP contribution is 2.22. The fourth-order valence-electron chi connectivity index (χ4n) is 2.43. The van der Waals surface area contributed by atoms with Gasteiger partial charge in [-0.2, -0.15) is 0 Å². The highest BCUT2D eigenvalue weighted by atomic mass is 16.5. The zero-order chi connectivity index (χ0) is 15.9. The van der Waals surface area contributed by atoms with E-state index in [0.717, 1.165) is 32.1 Å². The SMILES string of the molecule is CCCNC(=O)Cn1nnc(C(=O)OC2CCCCC2)c1N. The summed E-state index contributed by atoms with van der Waals surface area (Å²) in [6, 6.07) is 0. The van der Waals surface area contributed by atoms with E-state index in [1.54, 1.807) is 0 Å². The number of esters is 1. The number of nitrogen functional groups attached to an aromatic ring is 1. The number of amides is 1. The highest BCUT2D eigenvalue weighted by Gasteiger charge is 2.24. The number of nitrogens with one attached hydrogen (secondary N) is 1. The van der Waals surface area contributed by atoms with Crippen molar-refractivity contribution >= 4 is 17.7 Å². The predicted octanol–water partition coefficient (Wildman–Crippen LogP) is 0.876. The van der Waals surface area contributed by atoms with E-state index >= 15 is 0 Å². The molecular formula is C14H23N5O3. The summed E-state index contributed by atoms with van der Waals surface area (Å²) in [5.41, 5.74) is 5.82. The van der Waals surface area contributed by atoms with Gasteiger partial charge in [0.05, 0.1) is 0 Å². The lowest BCUT2D eigenvalue weighted by atomic mass is 9.98. The van der Waals surface area contributed by atoms with E-state index in [-0.39, 0.29) is 30.1 Å². The fraction of sp³-hybridized carbons (Fsp3) is 0.714.